The van der Waals surface area contributed by atoms with Gasteiger partial charge in [-0.25, -0.2) is 0 Å². The van der Waals surface area contributed by atoms with Crippen LogP contribution < -0.4 is 0 Å². The average Bonchev–Trinajstić information content (AvgIpc) is 2.34. The van der Waals surface area contributed by atoms with Gasteiger partial charge in [-0.15, -0.1) is 0 Å². The van der Waals surface area contributed by atoms with Crippen molar-refractivity contribution in [2.75, 3.05) is 13.6 Å². The zero-order valence-electron chi connectivity index (χ0n) is 11.5. The van der Waals surface area contributed by atoms with Gasteiger partial charge in [0.25, 0.3) is 0 Å². The van der Waals surface area contributed by atoms with Crippen LogP contribution in [-0.4, -0.2) is 35.5 Å². The van der Waals surface area contributed by atoms with Gasteiger partial charge < -0.3 is 10.0 Å². The quantitative estimate of drug-likeness (QED) is 0.845. The van der Waals surface area contributed by atoms with Crippen molar-refractivity contribution in [1.82, 2.24) is 4.90 Å². The molecule has 4 rings (SSSR count). The highest BCUT2D eigenvalue weighted by Gasteiger charge is 2.51. The molecule has 0 spiro atoms. The molecule has 0 aliphatic heterocycles. The van der Waals surface area contributed by atoms with Crippen LogP contribution in [-0.2, 0) is 9.59 Å². The molecule has 4 aliphatic carbocycles. The summed E-state index contributed by atoms with van der Waals surface area (Å²) in [5, 5.41) is 8.72. The molecule has 0 radical (unpaired) electrons. The maximum atomic E-state index is 12.6. The average molecular weight is 265 g/mol. The number of rotatable bonds is 4. The molecule has 0 aromatic heterocycles. The van der Waals surface area contributed by atoms with Gasteiger partial charge >= 0.3 is 5.97 Å². The largest absolute Gasteiger partial charge is 0.481 e. The highest BCUT2D eigenvalue weighted by atomic mass is 16.4. The summed E-state index contributed by atoms with van der Waals surface area (Å²) in [5.41, 5.74) is 0. The second kappa shape index (κ2) is 4.80. The molecule has 1 amide bonds. The van der Waals surface area contributed by atoms with Gasteiger partial charge in [-0.05, 0) is 55.8 Å². The summed E-state index contributed by atoms with van der Waals surface area (Å²) in [7, 11) is 1.76. The molecule has 4 saturated carbocycles. The van der Waals surface area contributed by atoms with Crippen molar-refractivity contribution in [2.45, 2.75) is 38.5 Å². The second-order valence-corrected chi connectivity index (χ2v) is 6.86. The number of carbonyl (C=O) groups is 2. The van der Waals surface area contributed by atoms with Crippen molar-refractivity contribution in [1.29, 1.82) is 0 Å². The SMILES string of the molecule is CN(CCC(=O)O)C(=O)C1C2CC3CC(C2)CC1C3. The van der Waals surface area contributed by atoms with Gasteiger partial charge in [-0.1, -0.05) is 0 Å². The second-order valence-electron chi connectivity index (χ2n) is 6.86. The molecule has 4 aliphatic rings. The number of carbonyl (C=O) groups excluding carboxylic acids is 1. The summed E-state index contributed by atoms with van der Waals surface area (Å²) >= 11 is 0. The predicted octanol–water partition coefficient (Wildman–Crippen LogP) is 1.99. The molecule has 4 bridgehead atoms. The first-order valence-corrected chi connectivity index (χ1v) is 7.51. The minimum Gasteiger partial charge on any atom is -0.481 e. The Bertz CT molecular complexity index is 365. The van der Waals surface area contributed by atoms with Crippen LogP contribution in [0.4, 0.5) is 0 Å². The molecule has 0 aromatic carbocycles. The van der Waals surface area contributed by atoms with Crippen LogP contribution in [0.5, 0.6) is 0 Å². The lowest BCUT2D eigenvalue weighted by atomic mass is 9.51. The van der Waals surface area contributed by atoms with Crippen molar-refractivity contribution in [2.24, 2.45) is 29.6 Å². The molecule has 4 heteroatoms. The van der Waals surface area contributed by atoms with Gasteiger partial charge in [-0.2, -0.15) is 0 Å². The number of hydrogen-bond acceptors (Lipinski definition) is 2. The Balaban J connectivity index is 1.65. The first-order chi connectivity index (χ1) is 9.04. The van der Waals surface area contributed by atoms with Gasteiger partial charge in [0.2, 0.25) is 5.91 Å². The third-order valence-electron chi connectivity index (χ3n) is 5.55. The molecule has 0 saturated heterocycles. The summed E-state index contributed by atoms with van der Waals surface area (Å²) in [6.45, 7) is 0.344. The molecule has 4 nitrogen and oxygen atoms in total. The Kier molecular flexibility index (Phi) is 3.27. The Morgan fingerprint density at radius 2 is 1.58 bits per heavy atom. The molecule has 0 heterocycles. The van der Waals surface area contributed by atoms with E-state index in [-0.39, 0.29) is 18.2 Å². The van der Waals surface area contributed by atoms with Gasteiger partial charge in [0, 0.05) is 19.5 Å². The lowest BCUT2D eigenvalue weighted by molar-refractivity contribution is -0.148. The predicted molar refractivity (Wildman–Crippen MR) is 70.4 cm³/mol. The normalized spacial score (nSPS) is 39.3. The van der Waals surface area contributed by atoms with E-state index in [4.69, 9.17) is 5.11 Å². The third-order valence-corrected chi connectivity index (χ3v) is 5.55. The molecule has 4 fully saturated rings. The van der Waals surface area contributed by atoms with E-state index in [1.807, 2.05) is 0 Å². The van der Waals surface area contributed by atoms with Crippen LogP contribution >= 0.6 is 0 Å². The number of nitrogens with zero attached hydrogens (tertiary/aromatic N) is 1. The molecular formula is C15H23NO3. The van der Waals surface area contributed by atoms with Crippen molar-refractivity contribution in [3.8, 4) is 0 Å². The number of carboxylic acids is 1. The topological polar surface area (TPSA) is 57.6 Å². The summed E-state index contributed by atoms with van der Waals surface area (Å²) in [6.07, 6.45) is 6.37. The zero-order chi connectivity index (χ0) is 13.6. The van der Waals surface area contributed by atoms with E-state index in [1.54, 1.807) is 11.9 Å². The molecule has 0 unspecified atom stereocenters. The Morgan fingerprint density at radius 3 is 2.05 bits per heavy atom. The zero-order valence-corrected chi connectivity index (χ0v) is 11.5. The van der Waals surface area contributed by atoms with Crippen molar-refractivity contribution >= 4 is 11.9 Å². The Hall–Kier alpha value is -1.06. The van der Waals surface area contributed by atoms with Crippen LogP contribution in [0.25, 0.3) is 0 Å². The van der Waals surface area contributed by atoms with Crippen LogP contribution in [0.2, 0.25) is 0 Å². The number of amides is 1. The van der Waals surface area contributed by atoms with E-state index in [0.717, 1.165) is 11.8 Å². The molecule has 0 atom stereocenters. The first-order valence-electron chi connectivity index (χ1n) is 7.51. The lowest BCUT2D eigenvalue weighted by Crippen LogP contribution is -2.51. The minimum absolute atomic E-state index is 0.0511. The molecule has 106 valence electrons. The fraction of sp³-hybridized carbons (Fsp3) is 0.867. The molecule has 19 heavy (non-hydrogen) atoms. The van der Waals surface area contributed by atoms with E-state index in [2.05, 4.69) is 0 Å². The Labute approximate surface area is 114 Å². The van der Waals surface area contributed by atoms with Crippen molar-refractivity contribution < 1.29 is 14.7 Å². The number of aliphatic carboxylic acids is 1. The molecule has 0 aromatic rings. The third kappa shape index (κ3) is 2.37. The van der Waals surface area contributed by atoms with Crippen LogP contribution in [0, 0.1) is 29.6 Å². The first kappa shape index (κ1) is 12.9. The van der Waals surface area contributed by atoms with E-state index in [0.29, 0.717) is 18.4 Å². The number of hydrogen-bond donors (Lipinski definition) is 1. The maximum Gasteiger partial charge on any atom is 0.305 e. The minimum atomic E-state index is -0.829. The highest BCUT2D eigenvalue weighted by molar-refractivity contribution is 5.80. The monoisotopic (exact) mass is 265 g/mol. The van der Waals surface area contributed by atoms with Gasteiger partial charge in [0.05, 0.1) is 6.42 Å². The van der Waals surface area contributed by atoms with Crippen LogP contribution in [0.3, 0.4) is 0 Å². The smallest absolute Gasteiger partial charge is 0.305 e. The van der Waals surface area contributed by atoms with E-state index in [9.17, 15) is 9.59 Å². The van der Waals surface area contributed by atoms with Crippen LogP contribution in [0.15, 0.2) is 0 Å². The van der Waals surface area contributed by atoms with E-state index < -0.39 is 5.97 Å². The fourth-order valence-corrected chi connectivity index (χ4v) is 4.96. The van der Waals surface area contributed by atoms with Gasteiger partial charge in [0.1, 0.15) is 0 Å². The summed E-state index contributed by atoms with van der Waals surface area (Å²) in [5.74, 6) is 2.46. The lowest BCUT2D eigenvalue weighted by Gasteiger charge is -2.54. The van der Waals surface area contributed by atoms with Crippen LogP contribution in [0.1, 0.15) is 38.5 Å². The van der Waals surface area contributed by atoms with Gasteiger partial charge in [0.15, 0.2) is 0 Å². The Morgan fingerprint density at radius 1 is 1.05 bits per heavy atom. The summed E-state index contributed by atoms with van der Waals surface area (Å²) in [6, 6.07) is 0. The summed E-state index contributed by atoms with van der Waals surface area (Å²) < 4.78 is 0. The van der Waals surface area contributed by atoms with Gasteiger partial charge in [-0.3, -0.25) is 9.59 Å². The maximum absolute atomic E-state index is 12.6. The summed E-state index contributed by atoms with van der Waals surface area (Å²) in [4.78, 5) is 24.8. The van der Waals surface area contributed by atoms with Crippen molar-refractivity contribution in [3.05, 3.63) is 0 Å². The molecular weight excluding hydrogens is 242 g/mol. The van der Waals surface area contributed by atoms with E-state index >= 15 is 0 Å². The number of carboxylic acid groups (broad SMARTS) is 1. The van der Waals surface area contributed by atoms with E-state index in [1.165, 1.54) is 32.1 Å². The molecule has 1 N–H and O–H groups in total. The highest BCUT2D eigenvalue weighted by Crippen LogP contribution is 2.56. The standard InChI is InChI=1S/C15H23NO3/c1-16(3-2-13(17)18)15(19)14-11-5-9-4-10(7-11)8-12(14)6-9/h9-12,14H,2-8H2,1H3,(H,17,18). The fourth-order valence-electron chi connectivity index (χ4n) is 4.96. The van der Waals surface area contributed by atoms with Crippen molar-refractivity contribution in [3.63, 3.8) is 0 Å².